The number of unbranched alkanes of at least 4 members (excludes halogenated alkanes) is 2. The summed E-state index contributed by atoms with van der Waals surface area (Å²) in [4.78, 5) is 16.2. The minimum absolute atomic E-state index is 0.0417. The maximum atomic E-state index is 13.3. The number of hydrogen-bond donors (Lipinski definition) is 0. The van der Waals surface area contributed by atoms with Crippen LogP contribution in [0.2, 0.25) is 0 Å². The van der Waals surface area contributed by atoms with Gasteiger partial charge in [0, 0.05) is 44.0 Å². The van der Waals surface area contributed by atoms with Gasteiger partial charge >= 0.3 is 0 Å². The van der Waals surface area contributed by atoms with Gasteiger partial charge in [-0.15, -0.1) is 0 Å². The number of rotatable bonds is 12. The van der Waals surface area contributed by atoms with Gasteiger partial charge in [0.1, 0.15) is 5.75 Å². The van der Waals surface area contributed by atoms with Gasteiger partial charge in [0.25, 0.3) is 5.56 Å². The lowest BCUT2D eigenvalue weighted by atomic mass is 10.2. The standard InChI is InChI=1S/C28H31N3O4S/c1-30-27-14-13-25(21-24(27)12-15-28(30)32)35-20-7-3-6-18-31(19-16-23-9-8-17-29-22-23)36(33,34)26-10-4-2-5-11-26/h2,4-5,8-15,17,21-22H,3,6-7,16,18-20H2,1H3. The third-order valence-electron chi connectivity index (χ3n) is 6.17. The highest BCUT2D eigenvalue weighted by Gasteiger charge is 2.23. The van der Waals surface area contributed by atoms with Crippen LogP contribution in [0.5, 0.6) is 5.75 Å². The van der Waals surface area contributed by atoms with Crippen LogP contribution >= 0.6 is 0 Å². The minimum Gasteiger partial charge on any atom is -0.494 e. The van der Waals surface area contributed by atoms with Crippen LogP contribution in [-0.2, 0) is 23.5 Å². The summed E-state index contributed by atoms with van der Waals surface area (Å²) in [5.41, 5.74) is 1.83. The van der Waals surface area contributed by atoms with Crippen LogP contribution in [0.1, 0.15) is 24.8 Å². The fraction of sp³-hybridized carbons (Fsp3) is 0.286. The molecule has 0 atom stereocenters. The van der Waals surface area contributed by atoms with Gasteiger partial charge in [-0.1, -0.05) is 24.3 Å². The van der Waals surface area contributed by atoms with E-state index in [4.69, 9.17) is 4.74 Å². The van der Waals surface area contributed by atoms with Gasteiger partial charge in [-0.2, -0.15) is 4.31 Å². The molecule has 2 heterocycles. The number of ether oxygens (including phenoxy) is 1. The summed E-state index contributed by atoms with van der Waals surface area (Å²) >= 11 is 0. The topological polar surface area (TPSA) is 81.5 Å². The average Bonchev–Trinajstić information content (AvgIpc) is 2.91. The zero-order valence-corrected chi connectivity index (χ0v) is 21.2. The van der Waals surface area contributed by atoms with Gasteiger partial charge < -0.3 is 9.30 Å². The first kappa shape index (κ1) is 25.6. The Morgan fingerprint density at radius 2 is 1.75 bits per heavy atom. The first-order valence-corrected chi connectivity index (χ1v) is 13.6. The molecule has 8 heteroatoms. The van der Waals surface area contributed by atoms with Gasteiger partial charge in [0.15, 0.2) is 0 Å². The Hall–Kier alpha value is -3.49. The largest absolute Gasteiger partial charge is 0.494 e. The molecule has 0 aliphatic carbocycles. The predicted molar refractivity (Wildman–Crippen MR) is 142 cm³/mol. The van der Waals surface area contributed by atoms with Crippen molar-refractivity contribution in [3.05, 3.63) is 101 Å². The normalized spacial score (nSPS) is 11.7. The van der Waals surface area contributed by atoms with E-state index in [1.165, 1.54) is 0 Å². The molecule has 0 unspecified atom stereocenters. The van der Waals surface area contributed by atoms with E-state index in [0.717, 1.165) is 41.5 Å². The molecule has 0 saturated carbocycles. The second-order valence-electron chi connectivity index (χ2n) is 8.69. The molecule has 0 saturated heterocycles. The van der Waals surface area contributed by atoms with Crippen molar-refractivity contribution >= 4 is 20.9 Å². The summed E-state index contributed by atoms with van der Waals surface area (Å²) < 4.78 is 35.6. The van der Waals surface area contributed by atoms with Crippen molar-refractivity contribution in [1.29, 1.82) is 0 Å². The van der Waals surface area contributed by atoms with Gasteiger partial charge in [0.2, 0.25) is 10.0 Å². The van der Waals surface area contributed by atoms with Gasteiger partial charge in [0.05, 0.1) is 17.0 Å². The van der Waals surface area contributed by atoms with Crippen LogP contribution in [0.15, 0.2) is 94.9 Å². The summed E-state index contributed by atoms with van der Waals surface area (Å²) in [6.45, 7) is 1.39. The number of hydrogen-bond acceptors (Lipinski definition) is 5. The lowest BCUT2D eigenvalue weighted by Crippen LogP contribution is -2.34. The molecule has 0 aliphatic heterocycles. The first-order chi connectivity index (χ1) is 17.4. The Morgan fingerprint density at radius 1 is 0.917 bits per heavy atom. The first-order valence-electron chi connectivity index (χ1n) is 12.1. The van der Waals surface area contributed by atoms with Gasteiger partial charge in [-0.25, -0.2) is 8.42 Å². The fourth-order valence-corrected chi connectivity index (χ4v) is 5.60. The third-order valence-corrected chi connectivity index (χ3v) is 8.08. The van der Waals surface area contributed by atoms with E-state index in [1.807, 2.05) is 36.4 Å². The minimum atomic E-state index is -3.58. The molecule has 4 rings (SSSR count). The van der Waals surface area contributed by atoms with Crippen molar-refractivity contribution in [3.8, 4) is 5.75 Å². The zero-order chi connectivity index (χ0) is 25.4. The van der Waals surface area contributed by atoms with Crippen LogP contribution in [0.25, 0.3) is 10.9 Å². The van der Waals surface area contributed by atoms with E-state index in [9.17, 15) is 13.2 Å². The van der Waals surface area contributed by atoms with Crippen LogP contribution in [0.4, 0.5) is 0 Å². The van der Waals surface area contributed by atoms with Gasteiger partial charge in [-0.05, 0) is 73.7 Å². The van der Waals surface area contributed by atoms with Crippen LogP contribution < -0.4 is 10.3 Å². The monoisotopic (exact) mass is 505 g/mol. The Bertz CT molecular complexity index is 1440. The lowest BCUT2D eigenvalue weighted by Gasteiger charge is -2.22. The molecule has 36 heavy (non-hydrogen) atoms. The van der Waals surface area contributed by atoms with Crippen LogP contribution in [0, 0.1) is 0 Å². The van der Waals surface area contributed by atoms with Crippen molar-refractivity contribution in [1.82, 2.24) is 13.9 Å². The molecule has 0 radical (unpaired) electrons. The number of aromatic nitrogens is 2. The molecule has 4 aromatic rings. The van der Waals surface area contributed by atoms with Gasteiger partial charge in [-0.3, -0.25) is 9.78 Å². The molecular formula is C28H31N3O4S. The maximum absolute atomic E-state index is 13.3. The van der Waals surface area contributed by atoms with E-state index in [2.05, 4.69) is 4.98 Å². The molecule has 7 nitrogen and oxygen atoms in total. The molecule has 0 bridgehead atoms. The summed E-state index contributed by atoms with van der Waals surface area (Å²) in [6.07, 6.45) is 6.49. The SMILES string of the molecule is Cn1c(=O)ccc2cc(OCCCCCN(CCc3cccnc3)S(=O)(=O)c3ccccc3)ccc21. The van der Waals surface area contributed by atoms with E-state index < -0.39 is 10.0 Å². The number of sulfonamides is 1. The van der Waals surface area contributed by atoms with Crippen molar-refractivity contribution in [2.45, 2.75) is 30.6 Å². The van der Waals surface area contributed by atoms with E-state index in [-0.39, 0.29) is 5.56 Å². The van der Waals surface area contributed by atoms with Crippen LogP contribution in [0.3, 0.4) is 0 Å². The molecule has 2 aromatic carbocycles. The molecule has 2 aromatic heterocycles. The smallest absolute Gasteiger partial charge is 0.250 e. The molecule has 0 aliphatic rings. The van der Waals surface area contributed by atoms with E-state index >= 15 is 0 Å². The molecule has 0 spiro atoms. The lowest BCUT2D eigenvalue weighted by molar-refractivity contribution is 0.301. The number of fused-ring (bicyclic) bond motifs is 1. The Balaban J connectivity index is 1.31. The van der Waals surface area contributed by atoms with Crippen molar-refractivity contribution < 1.29 is 13.2 Å². The summed E-state index contributed by atoms with van der Waals surface area (Å²) in [5.74, 6) is 0.755. The summed E-state index contributed by atoms with van der Waals surface area (Å²) in [6, 6.07) is 21.5. The quantitative estimate of drug-likeness (QED) is 0.266. The highest BCUT2D eigenvalue weighted by atomic mass is 32.2. The summed E-state index contributed by atoms with van der Waals surface area (Å²) in [7, 11) is -1.82. The molecule has 188 valence electrons. The average molecular weight is 506 g/mol. The Morgan fingerprint density at radius 3 is 2.53 bits per heavy atom. The molecule has 0 fully saturated rings. The predicted octanol–water partition coefficient (Wildman–Crippen LogP) is 4.42. The molecular weight excluding hydrogens is 474 g/mol. The summed E-state index contributed by atoms with van der Waals surface area (Å²) in [5, 5.41) is 0.949. The number of aryl methyl sites for hydroxylation is 1. The van der Waals surface area contributed by atoms with Crippen molar-refractivity contribution in [3.63, 3.8) is 0 Å². The maximum Gasteiger partial charge on any atom is 0.250 e. The van der Waals surface area contributed by atoms with E-state index in [1.54, 1.807) is 64.7 Å². The fourth-order valence-electron chi connectivity index (χ4n) is 4.10. The van der Waals surface area contributed by atoms with Crippen molar-refractivity contribution in [2.75, 3.05) is 19.7 Å². The highest BCUT2D eigenvalue weighted by Crippen LogP contribution is 2.20. The zero-order valence-electron chi connectivity index (χ0n) is 20.4. The molecule has 0 N–H and O–H groups in total. The second-order valence-corrected chi connectivity index (χ2v) is 10.6. The van der Waals surface area contributed by atoms with Crippen LogP contribution in [-0.4, -0.2) is 42.0 Å². The number of benzene rings is 2. The second kappa shape index (κ2) is 12.0. The highest BCUT2D eigenvalue weighted by molar-refractivity contribution is 7.89. The third kappa shape index (κ3) is 6.38. The van der Waals surface area contributed by atoms with E-state index in [0.29, 0.717) is 31.0 Å². The molecule has 0 amide bonds. The Labute approximate surface area is 212 Å². The Kier molecular flexibility index (Phi) is 8.51. The van der Waals surface area contributed by atoms with Crippen molar-refractivity contribution in [2.24, 2.45) is 7.05 Å². The number of pyridine rings is 2. The number of nitrogens with zero attached hydrogens (tertiary/aromatic N) is 3.